The van der Waals surface area contributed by atoms with Gasteiger partial charge in [-0.2, -0.15) is 5.26 Å². The summed E-state index contributed by atoms with van der Waals surface area (Å²) in [5.74, 6) is -1.54. The van der Waals surface area contributed by atoms with Crippen LogP contribution in [0.4, 0.5) is 20.3 Å². The highest BCUT2D eigenvalue weighted by Gasteiger charge is 2.26. The number of aromatic nitrogens is 4. The van der Waals surface area contributed by atoms with Gasteiger partial charge in [0.25, 0.3) is 0 Å². The minimum Gasteiger partial charge on any atom is -0.338 e. The zero-order valence-electron chi connectivity index (χ0n) is 14.2. The van der Waals surface area contributed by atoms with Crippen molar-refractivity contribution in [2.75, 3.05) is 5.32 Å². The van der Waals surface area contributed by atoms with E-state index in [9.17, 15) is 14.0 Å². The number of nitrogens with one attached hydrogen (secondary N) is 2. The number of nitriles is 1. The molecule has 4 aromatic rings. The number of benzene rings is 1. The van der Waals surface area contributed by atoms with E-state index in [1.165, 1.54) is 6.07 Å². The van der Waals surface area contributed by atoms with Crippen LogP contribution in [0, 0.1) is 23.0 Å². The summed E-state index contributed by atoms with van der Waals surface area (Å²) in [4.78, 5) is 16.1. The Hall–Kier alpha value is -4.12. The van der Waals surface area contributed by atoms with E-state index in [4.69, 9.17) is 0 Å². The summed E-state index contributed by atoms with van der Waals surface area (Å²) in [6, 6.07) is 9.42. The van der Waals surface area contributed by atoms with Crippen LogP contribution in [0.5, 0.6) is 0 Å². The molecule has 0 aliphatic carbocycles. The van der Waals surface area contributed by atoms with Gasteiger partial charge < -0.3 is 10.3 Å². The molecule has 0 radical (unpaired) electrons. The quantitative estimate of drug-likeness (QED) is 0.455. The van der Waals surface area contributed by atoms with Crippen molar-refractivity contribution >= 4 is 11.5 Å². The summed E-state index contributed by atoms with van der Waals surface area (Å²) in [5.41, 5.74) is 3.02. The number of halogens is 2. The molecular weight excluding hydrogens is 362 g/mol. The zero-order valence-corrected chi connectivity index (χ0v) is 14.2. The predicted octanol–water partition coefficient (Wildman–Crippen LogP) is 4.41. The SMILES string of the molecule is N#Cc1ccc(F)c(F)c1-c1nc2c([nH]1)-c1ccncc1Nc1ncccc1-2. The Labute approximate surface area is 157 Å². The number of hydrogen-bond donors (Lipinski definition) is 2. The van der Waals surface area contributed by atoms with Crippen LogP contribution >= 0.6 is 0 Å². The first-order valence-corrected chi connectivity index (χ1v) is 8.32. The van der Waals surface area contributed by atoms with Gasteiger partial charge in [-0.15, -0.1) is 0 Å². The molecule has 28 heavy (non-hydrogen) atoms. The first-order valence-electron chi connectivity index (χ1n) is 8.32. The Morgan fingerprint density at radius 3 is 2.79 bits per heavy atom. The lowest BCUT2D eigenvalue weighted by molar-refractivity contribution is 0.510. The number of H-pyrrole nitrogens is 1. The van der Waals surface area contributed by atoms with Crippen LogP contribution in [0.25, 0.3) is 33.9 Å². The van der Waals surface area contributed by atoms with Crippen LogP contribution in [0.1, 0.15) is 5.56 Å². The first kappa shape index (κ1) is 16.1. The third kappa shape index (κ3) is 2.27. The highest BCUT2D eigenvalue weighted by atomic mass is 19.2. The fraction of sp³-hybridized carbons (Fsp3) is 0. The molecule has 0 saturated carbocycles. The molecule has 0 atom stereocenters. The first-order chi connectivity index (χ1) is 13.7. The van der Waals surface area contributed by atoms with Crippen LogP contribution in [0.15, 0.2) is 48.9 Å². The molecule has 1 aromatic carbocycles. The number of nitrogens with zero attached hydrogens (tertiary/aromatic N) is 4. The Bertz CT molecular complexity index is 1230. The number of pyridine rings is 2. The summed E-state index contributed by atoms with van der Waals surface area (Å²) < 4.78 is 28.4. The average molecular weight is 372 g/mol. The van der Waals surface area contributed by atoms with E-state index in [2.05, 4.69) is 25.3 Å². The molecular formula is C20H10F2N6. The van der Waals surface area contributed by atoms with Gasteiger partial charge in [0.2, 0.25) is 0 Å². The van der Waals surface area contributed by atoms with Gasteiger partial charge in [0.15, 0.2) is 11.6 Å². The van der Waals surface area contributed by atoms with Crippen molar-refractivity contribution in [3.63, 3.8) is 0 Å². The van der Waals surface area contributed by atoms with Crippen molar-refractivity contribution in [3.05, 3.63) is 66.1 Å². The lowest BCUT2D eigenvalue weighted by Gasteiger charge is -2.08. The fourth-order valence-corrected chi connectivity index (χ4v) is 3.29. The summed E-state index contributed by atoms with van der Waals surface area (Å²) in [6.07, 6.45) is 4.91. The smallest absolute Gasteiger partial charge is 0.171 e. The molecule has 0 bridgehead atoms. The number of anilines is 2. The molecule has 0 amide bonds. The molecule has 3 aromatic heterocycles. The maximum Gasteiger partial charge on any atom is 0.171 e. The molecule has 5 rings (SSSR count). The molecule has 1 aliphatic heterocycles. The van der Waals surface area contributed by atoms with E-state index >= 15 is 0 Å². The second-order valence-corrected chi connectivity index (χ2v) is 6.15. The molecule has 8 heteroatoms. The molecule has 0 saturated heterocycles. The number of rotatable bonds is 1. The highest BCUT2D eigenvalue weighted by molar-refractivity contribution is 5.95. The van der Waals surface area contributed by atoms with Gasteiger partial charge in [0, 0.05) is 23.5 Å². The summed E-state index contributed by atoms with van der Waals surface area (Å²) in [7, 11) is 0. The monoisotopic (exact) mass is 372 g/mol. The van der Waals surface area contributed by atoms with Crippen LogP contribution in [-0.2, 0) is 0 Å². The topological polar surface area (TPSA) is 90.3 Å². The Morgan fingerprint density at radius 2 is 1.93 bits per heavy atom. The minimum atomic E-state index is -1.12. The lowest BCUT2D eigenvalue weighted by Crippen LogP contribution is -1.97. The van der Waals surface area contributed by atoms with Crippen LogP contribution in [-0.4, -0.2) is 19.9 Å². The molecule has 2 N–H and O–H groups in total. The van der Waals surface area contributed by atoms with Gasteiger partial charge in [-0.1, -0.05) is 0 Å². The largest absolute Gasteiger partial charge is 0.338 e. The number of aromatic amines is 1. The van der Waals surface area contributed by atoms with Crippen molar-refractivity contribution in [1.82, 2.24) is 19.9 Å². The normalized spacial score (nSPS) is 11.5. The van der Waals surface area contributed by atoms with Crippen LogP contribution in [0.3, 0.4) is 0 Å². The summed E-state index contributed by atoms with van der Waals surface area (Å²) >= 11 is 0. The van der Waals surface area contributed by atoms with E-state index in [1.54, 1.807) is 30.7 Å². The third-order valence-corrected chi connectivity index (χ3v) is 4.56. The predicted molar refractivity (Wildman–Crippen MR) is 98.4 cm³/mol. The Kier molecular flexibility index (Phi) is 3.42. The van der Waals surface area contributed by atoms with Gasteiger partial charge in [0.05, 0.1) is 28.7 Å². The van der Waals surface area contributed by atoms with Gasteiger partial charge in [0.1, 0.15) is 23.4 Å². The second-order valence-electron chi connectivity index (χ2n) is 6.15. The van der Waals surface area contributed by atoms with Crippen molar-refractivity contribution in [1.29, 1.82) is 5.26 Å². The van der Waals surface area contributed by atoms with E-state index in [1.807, 2.05) is 12.1 Å². The maximum atomic E-state index is 14.6. The fourth-order valence-electron chi connectivity index (χ4n) is 3.29. The lowest BCUT2D eigenvalue weighted by atomic mass is 10.1. The van der Waals surface area contributed by atoms with Crippen molar-refractivity contribution in [3.8, 4) is 40.0 Å². The Balaban J connectivity index is 1.84. The molecule has 4 heterocycles. The molecule has 0 unspecified atom stereocenters. The van der Waals surface area contributed by atoms with Crippen LogP contribution < -0.4 is 5.32 Å². The average Bonchev–Trinajstić information content (AvgIpc) is 3.10. The molecule has 0 fully saturated rings. The van der Waals surface area contributed by atoms with Gasteiger partial charge in [-0.25, -0.2) is 18.7 Å². The van der Waals surface area contributed by atoms with E-state index in [0.717, 1.165) is 11.6 Å². The third-order valence-electron chi connectivity index (χ3n) is 4.56. The number of imidazole rings is 1. The minimum absolute atomic E-state index is 0.0118. The van der Waals surface area contributed by atoms with E-state index in [-0.39, 0.29) is 17.0 Å². The summed E-state index contributed by atoms with van der Waals surface area (Å²) in [6.45, 7) is 0. The maximum absolute atomic E-state index is 14.6. The molecule has 0 spiro atoms. The highest BCUT2D eigenvalue weighted by Crippen LogP contribution is 2.43. The van der Waals surface area contributed by atoms with Crippen molar-refractivity contribution in [2.24, 2.45) is 0 Å². The molecule has 6 nitrogen and oxygen atoms in total. The van der Waals surface area contributed by atoms with Gasteiger partial charge in [-0.3, -0.25) is 4.98 Å². The van der Waals surface area contributed by atoms with Crippen LogP contribution in [0.2, 0.25) is 0 Å². The van der Waals surface area contributed by atoms with Crippen molar-refractivity contribution in [2.45, 2.75) is 0 Å². The zero-order chi connectivity index (χ0) is 19.3. The van der Waals surface area contributed by atoms with Crippen molar-refractivity contribution < 1.29 is 8.78 Å². The second kappa shape index (κ2) is 5.96. The van der Waals surface area contributed by atoms with E-state index in [0.29, 0.717) is 28.5 Å². The number of hydrogen-bond acceptors (Lipinski definition) is 5. The summed E-state index contributed by atoms with van der Waals surface area (Å²) in [5, 5.41) is 12.6. The molecule has 1 aliphatic rings. The molecule has 134 valence electrons. The Morgan fingerprint density at radius 1 is 1.04 bits per heavy atom. The van der Waals surface area contributed by atoms with Gasteiger partial charge in [-0.05, 0) is 30.3 Å². The van der Waals surface area contributed by atoms with Gasteiger partial charge >= 0.3 is 0 Å². The van der Waals surface area contributed by atoms with E-state index < -0.39 is 11.6 Å². The number of fused-ring (bicyclic) bond motifs is 5. The standard InChI is InChI=1S/C20H10F2N6/c21-13-4-3-10(8-23)15(16(13)22)20-27-17-11-5-7-24-9-14(11)26-19-12(18(17)28-20)2-1-6-25-19/h1-7,9H,(H,25,26)(H,27,28).